The van der Waals surface area contributed by atoms with E-state index < -0.39 is 0 Å². The summed E-state index contributed by atoms with van der Waals surface area (Å²) in [5, 5.41) is 7.02. The first-order valence-corrected chi connectivity index (χ1v) is 9.87. The topological polar surface area (TPSA) is 48.9 Å². The molecule has 0 radical (unpaired) electrons. The van der Waals surface area contributed by atoms with Crippen molar-refractivity contribution in [2.75, 3.05) is 53.5 Å². The van der Waals surface area contributed by atoms with E-state index in [1.807, 2.05) is 0 Å². The van der Waals surface area contributed by atoms with Crippen LogP contribution in [0.1, 0.15) is 51.9 Å². The Morgan fingerprint density at radius 3 is 2.48 bits per heavy atom. The highest BCUT2D eigenvalue weighted by Gasteiger charge is 2.33. The number of hydrogen-bond acceptors (Lipinski definition) is 3. The van der Waals surface area contributed by atoms with Gasteiger partial charge in [0.2, 0.25) is 0 Å². The molecule has 2 aliphatic rings. The van der Waals surface area contributed by atoms with E-state index in [1.165, 1.54) is 51.6 Å². The number of nitrogens with one attached hydrogen (secondary N) is 2. The Kier molecular flexibility index (Phi) is 11.3. The molecule has 1 heterocycles. The molecule has 1 aliphatic carbocycles. The van der Waals surface area contributed by atoms with Crippen LogP contribution in [0.4, 0.5) is 0 Å². The molecule has 1 aliphatic heterocycles. The number of aliphatic imine (C=N–C) groups is 1. The number of halogens is 1. The summed E-state index contributed by atoms with van der Waals surface area (Å²) in [5.74, 6) is 1.78. The molecule has 0 spiro atoms. The number of nitrogens with zero attached hydrogens (tertiary/aromatic N) is 2. The molecule has 0 amide bonds. The summed E-state index contributed by atoms with van der Waals surface area (Å²) in [6.45, 7) is 8.34. The Hall–Kier alpha value is -0.0800. The lowest BCUT2D eigenvalue weighted by Gasteiger charge is -2.30. The lowest BCUT2D eigenvalue weighted by atomic mass is 9.83. The largest absolute Gasteiger partial charge is 0.385 e. The van der Waals surface area contributed by atoms with Gasteiger partial charge in [0.05, 0.1) is 0 Å². The number of ether oxygens (including phenoxy) is 1. The van der Waals surface area contributed by atoms with Crippen molar-refractivity contribution in [2.24, 2.45) is 16.3 Å². The maximum Gasteiger partial charge on any atom is 0.191 e. The van der Waals surface area contributed by atoms with E-state index in [4.69, 9.17) is 9.73 Å². The van der Waals surface area contributed by atoms with Gasteiger partial charge in [-0.1, -0.05) is 12.8 Å². The maximum absolute atomic E-state index is 5.33. The SMILES string of the molecule is CCNC(=NCC1(CCOC)CCCC1)NCC1CCN(C)CC1.I. The highest BCUT2D eigenvalue weighted by atomic mass is 127. The molecule has 5 nitrogen and oxygen atoms in total. The Labute approximate surface area is 171 Å². The first kappa shape index (κ1) is 23.0. The number of likely N-dealkylation sites (tertiary alicyclic amines) is 1. The van der Waals surface area contributed by atoms with Crippen LogP contribution in [-0.4, -0.2) is 64.3 Å². The average Bonchev–Trinajstić information content (AvgIpc) is 3.06. The molecule has 0 bridgehead atoms. The molecule has 2 N–H and O–H groups in total. The Bertz CT molecular complexity index is 378. The van der Waals surface area contributed by atoms with Gasteiger partial charge in [0.15, 0.2) is 5.96 Å². The summed E-state index contributed by atoms with van der Waals surface area (Å²) in [7, 11) is 4.02. The van der Waals surface area contributed by atoms with E-state index in [0.29, 0.717) is 5.41 Å². The fourth-order valence-electron chi connectivity index (χ4n) is 4.03. The quantitative estimate of drug-likeness (QED) is 0.328. The maximum atomic E-state index is 5.33. The number of methoxy groups -OCH3 is 1. The summed E-state index contributed by atoms with van der Waals surface area (Å²) >= 11 is 0. The van der Waals surface area contributed by atoms with E-state index in [2.05, 4.69) is 29.5 Å². The fourth-order valence-corrected chi connectivity index (χ4v) is 4.03. The van der Waals surface area contributed by atoms with Gasteiger partial charge in [-0.05, 0) is 70.5 Å². The van der Waals surface area contributed by atoms with Crippen molar-refractivity contribution in [1.82, 2.24) is 15.5 Å². The lowest BCUT2D eigenvalue weighted by molar-refractivity contribution is 0.141. The van der Waals surface area contributed by atoms with Crippen LogP contribution in [0.3, 0.4) is 0 Å². The van der Waals surface area contributed by atoms with Gasteiger partial charge in [-0.15, -0.1) is 24.0 Å². The predicted molar refractivity (Wildman–Crippen MR) is 117 cm³/mol. The second kappa shape index (κ2) is 12.3. The average molecular weight is 466 g/mol. The van der Waals surface area contributed by atoms with Crippen LogP contribution in [-0.2, 0) is 4.74 Å². The standard InChI is InChI=1S/C19H38N4O.HI/c1-4-20-18(21-15-17-7-12-23(2)13-8-17)22-16-19(11-14-24-3)9-5-6-10-19;/h17H,4-16H2,1-3H3,(H2,20,21,22);1H. The van der Waals surface area contributed by atoms with Gasteiger partial charge in [-0.2, -0.15) is 0 Å². The summed E-state index contributed by atoms with van der Waals surface area (Å²) < 4.78 is 5.33. The third-order valence-corrected chi connectivity index (χ3v) is 5.81. The minimum Gasteiger partial charge on any atom is -0.385 e. The van der Waals surface area contributed by atoms with Crippen LogP contribution in [0.25, 0.3) is 0 Å². The van der Waals surface area contributed by atoms with E-state index in [1.54, 1.807) is 7.11 Å². The van der Waals surface area contributed by atoms with Crippen molar-refractivity contribution < 1.29 is 4.74 Å². The summed E-state index contributed by atoms with van der Waals surface area (Å²) in [6.07, 6.45) is 9.02. The number of rotatable bonds is 8. The van der Waals surface area contributed by atoms with E-state index in [-0.39, 0.29) is 24.0 Å². The summed E-state index contributed by atoms with van der Waals surface area (Å²) in [5.41, 5.74) is 0.367. The highest BCUT2D eigenvalue weighted by molar-refractivity contribution is 14.0. The zero-order chi connectivity index (χ0) is 17.3. The van der Waals surface area contributed by atoms with Crippen LogP contribution in [0.15, 0.2) is 4.99 Å². The zero-order valence-electron chi connectivity index (χ0n) is 16.5. The van der Waals surface area contributed by atoms with Crippen molar-refractivity contribution in [3.05, 3.63) is 0 Å². The van der Waals surface area contributed by atoms with Crippen LogP contribution in [0.5, 0.6) is 0 Å². The van der Waals surface area contributed by atoms with E-state index >= 15 is 0 Å². The smallest absolute Gasteiger partial charge is 0.191 e. The molecule has 1 saturated carbocycles. The Morgan fingerprint density at radius 2 is 1.88 bits per heavy atom. The number of guanidine groups is 1. The van der Waals surface area contributed by atoms with E-state index in [9.17, 15) is 0 Å². The van der Waals surface area contributed by atoms with Gasteiger partial charge in [-0.3, -0.25) is 4.99 Å². The molecule has 0 atom stereocenters. The third-order valence-electron chi connectivity index (χ3n) is 5.81. The number of hydrogen-bond donors (Lipinski definition) is 2. The van der Waals surface area contributed by atoms with Gasteiger partial charge in [0, 0.05) is 33.4 Å². The van der Waals surface area contributed by atoms with E-state index in [0.717, 1.165) is 44.5 Å². The second-order valence-electron chi connectivity index (χ2n) is 7.77. The molecule has 6 heteroatoms. The monoisotopic (exact) mass is 466 g/mol. The van der Waals surface area contributed by atoms with Gasteiger partial charge >= 0.3 is 0 Å². The van der Waals surface area contributed by atoms with Crippen molar-refractivity contribution in [3.8, 4) is 0 Å². The Morgan fingerprint density at radius 1 is 1.20 bits per heavy atom. The second-order valence-corrected chi connectivity index (χ2v) is 7.77. The van der Waals surface area contributed by atoms with Crippen LogP contribution in [0, 0.1) is 11.3 Å². The minimum absolute atomic E-state index is 0. The molecule has 0 aromatic rings. The van der Waals surface area contributed by atoms with Crippen molar-refractivity contribution in [2.45, 2.75) is 51.9 Å². The normalized spacial score (nSPS) is 21.8. The van der Waals surface area contributed by atoms with Gasteiger partial charge in [0.1, 0.15) is 0 Å². The molecule has 25 heavy (non-hydrogen) atoms. The first-order valence-electron chi connectivity index (χ1n) is 9.87. The molecule has 2 fully saturated rings. The summed E-state index contributed by atoms with van der Waals surface area (Å²) in [4.78, 5) is 7.37. The van der Waals surface area contributed by atoms with Gasteiger partial charge in [-0.25, -0.2) is 0 Å². The van der Waals surface area contributed by atoms with Gasteiger partial charge in [0.25, 0.3) is 0 Å². The predicted octanol–water partition coefficient (Wildman–Crippen LogP) is 3.10. The van der Waals surface area contributed by atoms with Gasteiger partial charge < -0.3 is 20.3 Å². The Balaban J connectivity index is 0.00000312. The molecular formula is C19H39IN4O. The lowest BCUT2D eigenvalue weighted by Crippen LogP contribution is -2.42. The van der Waals surface area contributed by atoms with Crippen LogP contribution in [0.2, 0.25) is 0 Å². The van der Waals surface area contributed by atoms with Crippen molar-refractivity contribution >= 4 is 29.9 Å². The molecule has 1 saturated heterocycles. The summed E-state index contributed by atoms with van der Waals surface area (Å²) in [6, 6.07) is 0. The third kappa shape index (κ3) is 7.99. The number of piperidine rings is 1. The van der Waals surface area contributed by atoms with Crippen molar-refractivity contribution in [1.29, 1.82) is 0 Å². The molecule has 0 aromatic heterocycles. The fraction of sp³-hybridized carbons (Fsp3) is 0.947. The molecular weight excluding hydrogens is 427 g/mol. The molecule has 0 unspecified atom stereocenters. The molecule has 0 aromatic carbocycles. The van der Waals surface area contributed by atoms with Crippen molar-refractivity contribution in [3.63, 3.8) is 0 Å². The zero-order valence-corrected chi connectivity index (χ0v) is 18.8. The molecule has 2 rings (SSSR count). The minimum atomic E-state index is 0. The van der Waals surface area contributed by atoms with Crippen LogP contribution >= 0.6 is 24.0 Å². The highest BCUT2D eigenvalue weighted by Crippen LogP contribution is 2.41. The molecule has 148 valence electrons. The van der Waals surface area contributed by atoms with Crippen LogP contribution < -0.4 is 10.6 Å². The first-order chi connectivity index (χ1) is 11.7.